The number of hydrogen-bond acceptors (Lipinski definition) is 3. The number of carbonyl (C=O) groups excluding carboxylic acids is 1. The maximum Gasteiger partial charge on any atom is 0.410 e. The summed E-state index contributed by atoms with van der Waals surface area (Å²) in [6, 6.07) is 9.86. The van der Waals surface area contributed by atoms with Gasteiger partial charge in [0, 0.05) is 13.1 Å². The minimum Gasteiger partial charge on any atom is -0.445 e. The highest BCUT2D eigenvalue weighted by atomic mass is 16.6. The summed E-state index contributed by atoms with van der Waals surface area (Å²) < 4.78 is 5.51. The molecular formula is C16H22N2O2. The van der Waals surface area contributed by atoms with Crippen LogP contribution in [0.25, 0.3) is 0 Å². The van der Waals surface area contributed by atoms with Crippen LogP contribution in [-0.2, 0) is 11.3 Å². The van der Waals surface area contributed by atoms with Gasteiger partial charge in [-0.05, 0) is 37.8 Å². The highest BCUT2D eigenvalue weighted by molar-refractivity contribution is 5.69. The summed E-state index contributed by atoms with van der Waals surface area (Å²) in [6.45, 7) is 3.10. The Morgan fingerprint density at radius 2 is 2.10 bits per heavy atom. The van der Waals surface area contributed by atoms with Gasteiger partial charge in [-0.25, -0.2) is 4.79 Å². The Hall–Kier alpha value is -1.55. The van der Waals surface area contributed by atoms with E-state index in [9.17, 15) is 4.79 Å². The average molecular weight is 274 g/mol. The van der Waals surface area contributed by atoms with Crippen molar-refractivity contribution in [2.45, 2.75) is 37.8 Å². The summed E-state index contributed by atoms with van der Waals surface area (Å²) in [4.78, 5) is 14.4. The molecule has 1 aromatic rings. The topological polar surface area (TPSA) is 41.6 Å². The lowest BCUT2D eigenvalue weighted by Crippen LogP contribution is -2.55. The zero-order chi connectivity index (χ0) is 13.8. The maximum atomic E-state index is 12.4. The summed E-state index contributed by atoms with van der Waals surface area (Å²) in [5, 5.41) is 3.39. The Kier molecular flexibility index (Phi) is 3.92. The van der Waals surface area contributed by atoms with Gasteiger partial charge >= 0.3 is 6.09 Å². The van der Waals surface area contributed by atoms with Crippen LogP contribution in [0, 0.1) is 0 Å². The molecule has 1 aromatic carbocycles. The van der Waals surface area contributed by atoms with Crippen LogP contribution in [0.2, 0.25) is 0 Å². The van der Waals surface area contributed by atoms with Gasteiger partial charge in [0.15, 0.2) is 0 Å². The number of hydrogen-bond donors (Lipinski definition) is 1. The van der Waals surface area contributed by atoms with Crippen LogP contribution < -0.4 is 5.32 Å². The Morgan fingerprint density at radius 1 is 1.25 bits per heavy atom. The first-order chi connectivity index (χ1) is 9.80. The molecule has 0 saturated carbocycles. The van der Waals surface area contributed by atoms with Crippen molar-refractivity contribution in [3.05, 3.63) is 35.9 Å². The molecule has 2 aliphatic heterocycles. The number of benzene rings is 1. The van der Waals surface area contributed by atoms with Gasteiger partial charge in [-0.3, -0.25) is 0 Å². The SMILES string of the molecule is O=C(OCc1ccccc1)N1CCCC[C@]12CCNC2. The molecule has 20 heavy (non-hydrogen) atoms. The highest BCUT2D eigenvalue weighted by Gasteiger charge is 2.44. The first kappa shape index (κ1) is 13.4. The number of amides is 1. The van der Waals surface area contributed by atoms with E-state index in [1.165, 1.54) is 6.42 Å². The zero-order valence-corrected chi connectivity index (χ0v) is 11.8. The second-order valence-electron chi connectivity index (χ2n) is 5.80. The number of ether oxygens (including phenoxy) is 1. The van der Waals surface area contributed by atoms with Gasteiger partial charge in [0.2, 0.25) is 0 Å². The fourth-order valence-electron chi connectivity index (χ4n) is 3.35. The van der Waals surface area contributed by atoms with E-state index in [1.807, 2.05) is 35.2 Å². The van der Waals surface area contributed by atoms with E-state index in [0.717, 1.165) is 44.5 Å². The third kappa shape index (κ3) is 2.66. The molecule has 0 radical (unpaired) electrons. The van der Waals surface area contributed by atoms with E-state index in [2.05, 4.69) is 5.32 Å². The Balaban J connectivity index is 1.63. The van der Waals surface area contributed by atoms with Crippen molar-refractivity contribution >= 4 is 6.09 Å². The molecule has 2 fully saturated rings. The Bertz CT molecular complexity index is 455. The average Bonchev–Trinajstić information content (AvgIpc) is 2.95. The molecule has 0 bridgehead atoms. The van der Waals surface area contributed by atoms with E-state index in [-0.39, 0.29) is 11.6 Å². The van der Waals surface area contributed by atoms with E-state index >= 15 is 0 Å². The monoisotopic (exact) mass is 274 g/mol. The van der Waals surface area contributed by atoms with Crippen LogP contribution >= 0.6 is 0 Å². The molecule has 2 heterocycles. The van der Waals surface area contributed by atoms with Crippen molar-refractivity contribution < 1.29 is 9.53 Å². The van der Waals surface area contributed by atoms with Crippen molar-refractivity contribution in [3.63, 3.8) is 0 Å². The fourth-order valence-corrected chi connectivity index (χ4v) is 3.35. The van der Waals surface area contributed by atoms with E-state index < -0.39 is 0 Å². The van der Waals surface area contributed by atoms with Crippen molar-refractivity contribution in [3.8, 4) is 0 Å². The lowest BCUT2D eigenvalue weighted by atomic mass is 9.86. The van der Waals surface area contributed by atoms with Crippen molar-refractivity contribution in [2.75, 3.05) is 19.6 Å². The lowest BCUT2D eigenvalue weighted by molar-refractivity contribution is 0.0320. The van der Waals surface area contributed by atoms with Crippen molar-refractivity contribution in [1.29, 1.82) is 0 Å². The number of piperidine rings is 1. The number of nitrogens with one attached hydrogen (secondary N) is 1. The molecule has 1 amide bonds. The summed E-state index contributed by atoms with van der Waals surface area (Å²) in [5.74, 6) is 0. The third-order valence-electron chi connectivity index (χ3n) is 4.49. The van der Waals surface area contributed by atoms with Crippen LogP contribution in [0.4, 0.5) is 4.79 Å². The number of rotatable bonds is 2. The fraction of sp³-hybridized carbons (Fsp3) is 0.562. The van der Waals surface area contributed by atoms with E-state index in [0.29, 0.717) is 6.61 Å². The summed E-state index contributed by atoms with van der Waals surface area (Å²) >= 11 is 0. The van der Waals surface area contributed by atoms with Crippen LogP contribution in [0.15, 0.2) is 30.3 Å². The minimum absolute atomic E-state index is 0.00597. The predicted molar refractivity (Wildman–Crippen MR) is 77.4 cm³/mol. The maximum absolute atomic E-state index is 12.4. The van der Waals surface area contributed by atoms with E-state index in [4.69, 9.17) is 4.74 Å². The second kappa shape index (κ2) is 5.83. The van der Waals surface area contributed by atoms with Gasteiger partial charge in [0.05, 0.1) is 5.54 Å². The standard InChI is InChI=1S/C16H22N2O2/c19-15(20-12-14-6-2-1-3-7-14)18-11-5-4-8-16(18)9-10-17-13-16/h1-3,6-7,17H,4-5,8-13H2/t16-/m1/s1. The van der Waals surface area contributed by atoms with Gasteiger partial charge in [-0.15, -0.1) is 0 Å². The zero-order valence-electron chi connectivity index (χ0n) is 11.8. The smallest absolute Gasteiger partial charge is 0.410 e. The van der Waals surface area contributed by atoms with Crippen molar-refractivity contribution in [2.24, 2.45) is 0 Å². The Morgan fingerprint density at radius 3 is 2.85 bits per heavy atom. The molecule has 108 valence electrons. The predicted octanol–water partition coefficient (Wildman–Crippen LogP) is 2.54. The van der Waals surface area contributed by atoms with Crippen LogP contribution in [0.1, 0.15) is 31.2 Å². The first-order valence-electron chi connectivity index (χ1n) is 7.49. The molecule has 1 N–H and O–H groups in total. The molecule has 2 aliphatic rings. The molecular weight excluding hydrogens is 252 g/mol. The summed E-state index contributed by atoms with van der Waals surface area (Å²) in [7, 11) is 0. The highest BCUT2D eigenvalue weighted by Crippen LogP contribution is 2.33. The van der Waals surface area contributed by atoms with Gasteiger partial charge in [0.25, 0.3) is 0 Å². The third-order valence-corrected chi connectivity index (χ3v) is 4.49. The Labute approximate surface area is 120 Å². The van der Waals surface area contributed by atoms with Gasteiger partial charge in [0.1, 0.15) is 6.61 Å². The quantitative estimate of drug-likeness (QED) is 0.901. The number of carbonyl (C=O) groups is 1. The number of likely N-dealkylation sites (tertiary alicyclic amines) is 1. The molecule has 2 saturated heterocycles. The van der Waals surface area contributed by atoms with Gasteiger partial charge in [-0.2, -0.15) is 0 Å². The van der Waals surface area contributed by atoms with Crippen LogP contribution in [0.5, 0.6) is 0 Å². The molecule has 0 aromatic heterocycles. The molecule has 3 rings (SSSR count). The first-order valence-corrected chi connectivity index (χ1v) is 7.49. The molecule has 4 nitrogen and oxygen atoms in total. The van der Waals surface area contributed by atoms with E-state index in [1.54, 1.807) is 0 Å². The molecule has 1 atom stereocenters. The molecule has 4 heteroatoms. The number of nitrogens with zero attached hydrogens (tertiary/aromatic N) is 1. The van der Waals surface area contributed by atoms with Gasteiger partial charge in [-0.1, -0.05) is 30.3 Å². The van der Waals surface area contributed by atoms with Crippen LogP contribution in [0.3, 0.4) is 0 Å². The molecule has 0 unspecified atom stereocenters. The normalized spacial score (nSPS) is 25.9. The summed E-state index contributed by atoms with van der Waals surface area (Å²) in [5.41, 5.74) is 1.04. The molecule has 0 aliphatic carbocycles. The molecule has 1 spiro atoms. The minimum atomic E-state index is -0.155. The second-order valence-corrected chi connectivity index (χ2v) is 5.80. The largest absolute Gasteiger partial charge is 0.445 e. The van der Waals surface area contributed by atoms with Gasteiger partial charge < -0.3 is 15.0 Å². The van der Waals surface area contributed by atoms with Crippen LogP contribution in [-0.4, -0.2) is 36.2 Å². The summed E-state index contributed by atoms with van der Waals surface area (Å²) in [6.07, 6.45) is 4.29. The lowest BCUT2D eigenvalue weighted by Gasteiger charge is -2.43. The van der Waals surface area contributed by atoms with Crippen molar-refractivity contribution in [1.82, 2.24) is 10.2 Å².